The molecule has 2 aliphatic rings. The number of nitrogens with zero attached hydrogens (tertiary/aromatic N) is 2. The third-order valence-electron chi connectivity index (χ3n) is 6.14. The molecule has 3 aromatic rings. The van der Waals surface area contributed by atoms with Gasteiger partial charge in [0.1, 0.15) is 0 Å². The van der Waals surface area contributed by atoms with Crippen molar-refractivity contribution in [3.8, 4) is 16.9 Å². The van der Waals surface area contributed by atoms with Crippen molar-refractivity contribution in [2.75, 3.05) is 0 Å². The molecule has 0 bridgehead atoms. The second kappa shape index (κ2) is 7.07. The SMILES string of the molecule is CC1(C)CCC2=CC=C(c3nc(-c4ccccc4)cn3-c3ccccc3)NC2C1. The summed E-state index contributed by atoms with van der Waals surface area (Å²) in [6.07, 6.45) is 10.3. The summed E-state index contributed by atoms with van der Waals surface area (Å²) >= 11 is 0. The molecule has 146 valence electrons. The summed E-state index contributed by atoms with van der Waals surface area (Å²) in [4.78, 5) is 5.06. The quantitative estimate of drug-likeness (QED) is 0.604. The van der Waals surface area contributed by atoms with Gasteiger partial charge in [0.2, 0.25) is 0 Å². The number of dihydropyridines is 1. The third kappa shape index (κ3) is 3.53. The molecule has 1 fully saturated rings. The fourth-order valence-electron chi connectivity index (χ4n) is 4.45. The first-order valence-corrected chi connectivity index (χ1v) is 10.5. The highest BCUT2D eigenvalue weighted by atomic mass is 15.1. The van der Waals surface area contributed by atoms with Crippen LogP contribution in [-0.2, 0) is 0 Å². The van der Waals surface area contributed by atoms with E-state index in [-0.39, 0.29) is 0 Å². The largest absolute Gasteiger partial charge is 0.376 e. The number of hydrogen-bond donors (Lipinski definition) is 1. The van der Waals surface area contributed by atoms with Crippen molar-refractivity contribution in [1.29, 1.82) is 0 Å². The van der Waals surface area contributed by atoms with Crippen LogP contribution in [0.3, 0.4) is 0 Å². The Balaban J connectivity index is 1.58. The van der Waals surface area contributed by atoms with Crippen molar-refractivity contribution < 1.29 is 0 Å². The zero-order valence-electron chi connectivity index (χ0n) is 17.1. The lowest BCUT2D eigenvalue weighted by molar-refractivity contribution is 0.248. The Morgan fingerprint density at radius 2 is 1.69 bits per heavy atom. The average molecular weight is 382 g/mol. The van der Waals surface area contributed by atoms with E-state index in [0.717, 1.165) is 34.9 Å². The van der Waals surface area contributed by atoms with E-state index in [1.807, 2.05) is 6.07 Å². The summed E-state index contributed by atoms with van der Waals surface area (Å²) in [6, 6.07) is 21.3. The zero-order valence-corrected chi connectivity index (χ0v) is 17.1. The van der Waals surface area contributed by atoms with Crippen molar-refractivity contribution in [2.45, 2.75) is 39.2 Å². The Morgan fingerprint density at radius 3 is 2.45 bits per heavy atom. The number of nitrogens with one attached hydrogen (secondary N) is 1. The second-order valence-corrected chi connectivity index (χ2v) is 8.91. The van der Waals surface area contributed by atoms with E-state index in [1.54, 1.807) is 0 Å². The van der Waals surface area contributed by atoms with Gasteiger partial charge in [-0.2, -0.15) is 0 Å². The summed E-state index contributed by atoms with van der Waals surface area (Å²) in [5.41, 5.74) is 6.25. The number of aromatic nitrogens is 2. The van der Waals surface area contributed by atoms with Crippen LogP contribution in [-0.4, -0.2) is 15.6 Å². The normalized spacial score (nSPS) is 20.3. The lowest BCUT2D eigenvalue weighted by atomic mass is 9.72. The molecule has 29 heavy (non-hydrogen) atoms. The van der Waals surface area contributed by atoms with Gasteiger partial charge >= 0.3 is 0 Å². The third-order valence-corrected chi connectivity index (χ3v) is 6.14. The molecule has 0 saturated heterocycles. The predicted octanol–water partition coefficient (Wildman–Crippen LogP) is 5.99. The number of hydrogen-bond acceptors (Lipinski definition) is 2. The molecule has 0 radical (unpaired) electrons. The molecule has 1 aliphatic carbocycles. The maximum absolute atomic E-state index is 5.06. The minimum absolute atomic E-state index is 0.376. The molecule has 1 saturated carbocycles. The van der Waals surface area contributed by atoms with E-state index in [0.29, 0.717) is 11.5 Å². The zero-order chi connectivity index (χ0) is 19.8. The Hall–Kier alpha value is -3.07. The highest BCUT2D eigenvalue weighted by molar-refractivity contribution is 5.69. The molecular weight excluding hydrogens is 354 g/mol. The number of rotatable bonds is 3. The van der Waals surface area contributed by atoms with Gasteiger partial charge in [-0.3, -0.25) is 4.57 Å². The first-order valence-electron chi connectivity index (χ1n) is 10.5. The maximum Gasteiger partial charge on any atom is 0.161 e. The van der Waals surface area contributed by atoms with E-state index >= 15 is 0 Å². The molecule has 1 unspecified atom stereocenters. The smallest absolute Gasteiger partial charge is 0.161 e. The molecular formula is C26H27N3. The van der Waals surface area contributed by atoms with Crippen LogP contribution in [0.5, 0.6) is 0 Å². The Labute approximate surface area is 172 Å². The predicted molar refractivity (Wildman–Crippen MR) is 120 cm³/mol. The maximum atomic E-state index is 5.06. The van der Waals surface area contributed by atoms with Crippen LogP contribution in [0, 0.1) is 5.41 Å². The Bertz CT molecular complexity index is 1070. The van der Waals surface area contributed by atoms with Crippen LogP contribution in [0.4, 0.5) is 0 Å². The molecule has 3 heteroatoms. The van der Waals surface area contributed by atoms with E-state index in [4.69, 9.17) is 4.98 Å². The summed E-state index contributed by atoms with van der Waals surface area (Å²) in [7, 11) is 0. The van der Waals surface area contributed by atoms with Gasteiger partial charge in [-0.15, -0.1) is 0 Å². The van der Waals surface area contributed by atoms with E-state index in [1.165, 1.54) is 18.4 Å². The van der Waals surface area contributed by atoms with Gasteiger partial charge in [-0.1, -0.05) is 68.5 Å². The highest BCUT2D eigenvalue weighted by Gasteiger charge is 2.33. The molecule has 0 amide bonds. The summed E-state index contributed by atoms with van der Waals surface area (Å²) in [5.74, 6) is 0.966. The van der Waals surface area contributed by atoms with Crippen LogP contribution in [0.15, 0.2) is 84.6 Å². The molecule has 3 nitrogen and oxygen atoms in total. The van der Waals surface area contributed by atoms with Crippen LogP contribution in [0.1, 0.15) is 38.9 Å². The van der Waals surface area contributed by atoms with Gasteiger partial charge in [-0.25, -0.2) is 4.98 Å². The molecule has 0 spiro atoms. The minimum Gasteiger partial charge on any atom is -0.376 e. The van der Waals surface area contributed by atoms with Gasteiger partial charge in [0, 0.05) is 23.5 Å². The van der Waals surface area contributed by atoms with Crippen molar-refractivity contribution in [2.24, 2.45) is 5.41 Å². The first kappa shape index (κ1) is 18.0. The molecule has 1 aromatic heterocycles. The number of imidazole rings is 1. The molecule has 2 aromatic carbocycles. The number of para-hydroxylation sites is 1. The van der Waals surface area contributed by atoms with E-state index in [2.05, 4.69) is 96.7 Å². The van der Waals surface area contributed by atoms with Gasteiger partial charge in [0.05, 0.1) is 11.4 Å². The first-order chi connectivity index (χ1) is 14.1. The molecule has 1 N–H and O–H groups in total. The molecule has 1 atom stereocenters. The highest BCUT2D eigenvalue weighted by Crippen LogP contribution is 2.40. The van der Waals surface area contributed by atoms with Gasteiger partial charge in [0.25, 0.3) is 0 Å². The molecule has 1 aliphatic heterocycles. The van der Waals surface area contributed by atoms with Crippen LogP contribution >= 0.6 is 0 Å². The topological polar surface area (TPSA) is 29.9 Å². The van der Waals surface area contributed by atoms with Gasteiger partial charge in [0.15, 0.2) is 5.82 Å². The Kier molecular flexibility index (Phi) is 4.39. The summed E-state index contributed by atoms with van der Waals surface area (Å²) in [5, 5.41) is 3.81. The second-order valence-electron chi connectivity index (χ2n) is 8.91. The number of benzene rings is 2. The molecule has 2 heterocycles. The van der Waals surface area contributed by atoms with Crippen LogP contribution in [0.25, 0.3) is 22.6 Å². The fourth-order valence-corrected chi connectivity index (χ4v) is 4.45. The lowest BCUT2D eigenvalue weighted by Crippen LogP contribution is -2.40. The van der Waals surface area contributed by atoms with Crippen molar-refractivity contribution in [3.63, 3.8) is 0 Å². The van der Waals surface area contributed by atoms with Crippen LogP contribution in [0.2, 0.25) is 0 Å². The fraction of sp³-hybridized carbons (Fsp3) is 0.269. The standard InChI is InChI=1S/C26H27N3/c1-26(2)16-15-20-13-14-22(27-23(20)17-26)25-28-24(19-9-5-3-6-10-19)18-29(25)21-11-7-4-8-12-21/h3-14,18,23,27H,15-17H2,1-2H3. The van der Waals surface area contributed by atoms with E-state index < -0.39 is 0 Å². The van der Waals surface area contributed by atoms with Gasteiger partial charge < -0.3 is 5.32 Å². The van der Waals surface area contributed by atoms with Gasteiger partial charge in [-0.05, 0) is 48.5 Å². The van der Waals surface area contributed by atoms with E-state index in [9.17, 15) is 0 Å². The molecule has 5 rings (SSSR count). The van der Waals surface area contributed by atoms with Crippen molar-refractivity contribution >= 4 is 5.70 Å². The summed E-state index contributed by atoms with van der Waals surface area (Å²) in [6.45, 7) is 4.75. The monoisotopic (exact) mass is 381 g/mol. The lowest BCUT2D eigenvalue weighted by Gasteiger charge is -2.39. The van der Waals surface area contributed by atoms with Crippen LogP contribution < -0.4 is 5.32 Å². The van der Waals surface area contributed by atoms with Crippen molar-refractivity contribution in [1.82, 2.24) is 14.9 Å². The summed E-state index contributed by atoms with van der Waals surface area (Å²) < 4.78 is 2.20. The number of fused-ring (bicyclic) bond motifs is 1. The average Bonchev–Trinajstić information content (AvgIpc) is 3.19. The van der Waals surface area contributed by atoms with Crippen molar-refractivity contribution in [3.05, 3.63) is 90.4 Å². The number of allylic oxidation sites excluding steroid dienone is 2. The minimum atomic E-state index is 0.376. The Morgan fingerprint density at radius 1 is 0.966 bits per heavy atom.